The Morgan fingerprint density at radius 2 is 2.06 bits per heavy atom. The maximum Gasteiger partial charge on any atom is 0.0375 e. The van der Waals surface area contributed by atoms with Crippen molar-refractivity contribution in [3.05, 3.63) is 28.2 Å². The van der Waals surface area contributed by atoms with Crippen LogP contribution in [0.4, 0.5) is 5.69 Å². The molecule has 0 aromatic heterocycles. The number of rotatable bonds is 7. The van der Waals surface area contributed by atoms with Crippen LogP contribution >= 0.6 is 15.9 Å². The maximum absolute atomic E-state index is 3.67. The topological polar surface area (TPSA) is 15.3 Å². The first-order valence-corrected chi connectivity index (χ1v) is 7.56. The molecular weight excluding hydrogens is 288 g/mol. The molecule has 0 aliphatic rings. The Balaban J connectivity index is 2.66. The summed E-state index contributed by atoms with van der Waals surface area (Å²) in [5, 5.41) is 3.44. The highest BCUT2D eigenvalue weighted by molar-refractivity contribution is 9.10. The molecule has 1 aromatic rings. The standard InChI is InChI=1S/C15H25BrN2/c1-5-6-9-18(4)14-8-7-13(15(16)10-14)11-17-12(2)3/h7-8,10,12,17H,5-6,9,11H2,1-4H3. The Bertz CT molecular complexity index is 364. The number of unbranched alkanes of at least 4 members (excludes halogenated alkanes) is 1. The van der Waals surface area contributed by atoms with Crippen molar-refractivity contribution in [1.29, 1.82) is 0 Å². The number of anilines is 1. The molecule has 1 N–H and O–H groups in total. The van der Waals surface area contributed by atoms with Gasteiger partial charge in [0.2, 0.25) is 0 Å². The van der Waals surface area contributed by atoms with Gasteiger partial charge in [-0.15, -0.1) is 0 Å². The lowest BCUT2D eigenvalue weighted by atomic mass is 10.2. The van der Waals surface area contributed by atoms with Gasteiger partial charge in [-0.3, -0.25) is 0 Å². The Labute approximate surface area is 120 Å². The summed E-state index contributed by atoms with van der Waals surface area (Å²) in [5.41, 5.74) is 2.60. The smallest absolute Gasteiger partial charge is 0.0375 e. The van der Waals surface area contributed by atoms with Crippen molar-refractivity contribution >= 4 is 21.6 Å². The van der Waals surface area contributed by atoms with Crippen molar-refractivity contribution in [2.45, 2.75) is 46.2 Å². The fourth-order valence-electron chi connectivity index (χ4n) is 1.76. The molecule has 0 aliphatic carbocycles. The van der Waals surface area contributed by atoms with E-state index in [0.29, 0.717) is 6.04 Å². The summed E-state index contributed by atoms with van der Waals surface area (Å²) in [5.74, 6) is 0. The molecule has 18 heavy (non-hydrogen) atoms. The number of hydrogen-bond donors (Lipinski definition) is 1. The van der Waals surface area contributed by atoms with Gasteiger partial charge < -0.3 is 10.2 Å². The summed E-state index contributed by atoms with van der Waals surface area (Å²) in [6.45, 7) is 8.59. The lowest BCUT2D eigenvalue weighted by molar-refractivity contribution is 0.588. The largest absolute Gasteiger partial charge is 0.375 e. The fourth-order valence-corrected chi connectivity index (χ4v) is 2.26. The fraction of sp³-hybridized carbons (Fsp3) is 0.600. The highest BCUT2D eigenvalue weighted by Crippen LogP contribution is 2.24. The van der Waals surface area contributed by atoms with E-state index in [4.69, 9.17) is 0 Å². The molecular formula is C15H25BrN2. The summed E-state index contributed by atoms with van der Waals surface area (Å²) in [7, 11) is 2.16. The number of halogens is 1. The van der Waals surface area contributed by atoms with Crippen molar-refractivity contribution in [3.8, 4) is 0 Å². The molecule has 0 bridgehead atoms. The van der Waals surface area contributed by atoms with Crippen molar-refractivity contribution in [2.24, 2.45) is 0 Å². The molecule has 0 saturated carbocycles. The average Bonchev–Trinajstić information content (AvgIpc) is 2.34. The van der Waals surface area contributed by atoms with Crippen LogP contribution in [0, 0.1) is 0 Å². The van der Waals surface area contributed by atoms with Gasteiger partial charge in [-0.2, -0.15) is 0 Å². The molecule has 0 aliphatic heterocycles. The van der Waals surface area contributed by atoms with Gasteiger partial charge in [-0.1, -0.05) is 49.2 Å². The van der Waals surface area contributed by atoms with Crippen LogP contribution in [0.2, 0.25) is 0 Å². The van der Waals surface area contributed by atoms with Gasteiger partial charge in [0.25, 0.3) is 0 Å². The summed E-state index contributed by atoms with van der Waals surface area (Å²) in [4.78, 5) is 2.31. The number of nitrogens with zero attached hydrogens (tertiary/aromatic N) is 1. The van der Waals surface area contributed by atoms with Gasteiger partial charge in [0.15, 0.2) is 0 Å². The quantitative estimate of drug-likeness (QED) is 0.812. The van der Waals surface area contributed by atoms with Crippen LogP contribution in [0.15, 0.2) is 22.7 Å². The van der Waals surface area contributed by atoms with Gasteiger partial charge in [-0.05, 0) is 24.1 Å². The summed E-state index contributed by atoms with van der Waals surface area (Å²) >= 11 is 3.67. The number of hydrogen-bond acceptors (Lipinski definition) is 2. The second-order valence-electron chi connectivity index (χ2n) is 5.09. The summed E-state index contributed by atoms with van der Waals surface area (Å²) < 4.78 is 1.19. The molecule has 102 valence electrons. The van der Waals surface area contributed by atoms with Crippen LogP contribution in [0.25, 0.3) is 0 Å². The third kappa shape index (κ3) is 4.99. The molecule has 0 spiro atoms. The second kappa shape index (κ2) is 7.80. The van der Waals surface area contributed by atoms with Gasteiger partial charge in [-0.25, -0.2) is 0 Å². The summed E-state index contributed by atoms with van der Waals surface area (Å²) in [6, 6.07) is 7.14. The molecule has 0 unspecified atom stereocenters. The molecule has 0 saturated heterocycles. The van der Waals surface area contributed by atoms with E-state index in [9.17, 15) is 0 Å². The van der Waals surface area contributed by atoms with Gasteiger partial charge >= 0.3 is 0 Å². The van der Waals surface area contributed by atoms with Crippen molar-refractivity contribution in [3.63, 3.8) is 0 Å². The van der Waals surface area contributed by atoms with Crippen molar-refractivity contribution < 1.29 is 0 Å². The van der Waals surface area contributed by atoms with E-state index in [2.05, 4.69) is 72.2 Å². The van der Waals surface area contributed by atoms with Crippen LogP contribution in [0.3, 0.4) is 0 Å². The highest BCUT2D eigenvalue weighted by atomic mass is 79.9. The van der Waals surface area contributed by atoms with E-state index in [0.717, 1.165) is 13.1 Å². The minimum absolute atomic E-state index is 0.517. The summed E-state index contributed by atoms with van der Waals surface area (Å²) in [6.07, 6.45) is 2.48. The molecule has 3 heteroatoms. The molecule has 2 nitrogen and oxygen atoms in total. The molecule has 1 aromatic carbocycles. The van der Waals surface area contributed by atoms with Crippen LogP contribution in [-0.4, -0.2) is 19.6 Å². The molecule has 0 atom stereocenters. The number of nitrogens with one attached hydrogen (secondary N) is 1. The first-order valence-electron chi connectivity index (χ1n) is 6.77. The van der Waals surface area contributed by atoms with Crippen LogP contribution in [0.1, 0.15) is 39.2 Å². The zero-order chi connectivity index (χ0) is 13.5. The molecule has 0 heterocycles. The number of benzene rings is 1. The van der Waals surface area contributed by atoms with E-state index < -0.39 is 0 Å². The second-order valence-corrected chi connectivity index (χ2v) is 5.94. The highest BCUT2D eigenvalue weighted by Gasteiger charge is 2.05. The Hall–Kier alpha value is -0.540. The van der Waals surface area contributed by atoms with Crippen LogP contribution in [0.5, 0.6) is 0 Å². The third-order valence-corrected chi connectivity index (χ3v) is 3.76. The minimum atomic E-state index is 0.517. The first kappa shape index (κ1) is 15.5. The maximum atomic E-state index is 3.67. The zero-order valence-corrected chi connectivity index (χ0v) is 13.5. The predicted octanol–water partition coefficient (Wildman–Crippen LogP) is 4.18. The Morgan fingerprint density at radius 3 is 2.61 bits per heavy atom. The SMILES string of the molecule is CCCCN(C)c1ccc(CNC(C)C)c(Br)c1. The van der Waals surface area contributed by atoms with Crippen LogP contribution < -0.4 is 10.2 Å². The van der Waals surface area contributed by atoms with E-state index in [1.54, 1.807) is 0 Å². The zero-order valence-electron chi connectivity index (χ0n) is 12.0. The normalized spacial score (nSPS) is 11.0. The Kier molecular flexibility index (Phi) is 6.72. The van der Waals surface area contributed by atoms with Gasteiger partial charge in [0.05, 0.1) is 0 Å². The van der Waals surface area contributed by atoms with E-state index in [-0.39, 0.29) is 0 Å². The molecule has 1 rings (SSSR count). The lowest BCUT2D eigenvalue weighted by Gasteiger charge is -2.20. The van der Waals surface area contributed by atoms with E-state index >= 15 is 0 Å². The minimum Gasteiger partial charge on any atom is -0.375 e. The Morgan fingerprint density at radius 1 is 1.33 bits per heavy atom. The molecule has 0 amide bonds. The predicted molar refractivity (Wildman–Crippen MR) is 84.3 cm³/mol. The van der Waals surface area contributed by atoms with Crippen molar-refractivity contribution in [2.75, 3.05) is 18.5 Å². The molecule has 0 radical (unpaired) electrons. The first-order chi connectivity index (χ1) is 8.54. The monoisotopic (exact) mass is 312 g/mol. The molecule has 0 fully saturated rings. The van der Waals surface area contributed by atoms with Crippen LogP contribution in [-0.2, 0) is 6.54 Å². The average molecular weight is 313 g/mol. The van der Waals surface area contributed by atoms with Crippen molar-refractivity contribution in [1.82, 2.24) is 5.32 Å². The van der Waals surface area contributed by atoms with E-state index in [1.165, 1.54) is 28.6 Å². The van der Waals surface area contributed by atoms with Gasteiger partial charge in [0.1, 0.15) is 0 Å². The lowest BCUT2D eigenvalue weighted by Crippen LogP contribution is -2.22. The van der Waals surface area contributed by atoms with Gasteiger partial charge in [0, 0.05) is 36.3 Å². The van der Waals surface area contributed by atoms with E-state index in [1.807, 2.05) is 0 Å². The third-order valence-electron chi connectivity index (χ3n) is 3.03.